The molecule has 1 N–H and O–H groups in total. The number of hydrogen-bond donors (Lipinski definition) is 1. The van der Waals surface area contributed by atoms with Crippen LogP contribution in [0.5, 0.6) is 0 Å². The molecule has 3 heteroatoms. The molecule has 3 unspecified atom stereocenters. The van der Waals surface area contributed by atoms with Gasteiger partial charge in [-0.2, -0.15) is 0 Å². The Hall–Kier alpha value is -0.120. The lowest BCUT2D eigenvalue weighted by molar-refractivity contribution is -0.0739. The first-order chi connectivity index (χ1) is 9.15. The van der Waals surface area contributed by atoms with E-state index in [9.17, 15) is 0 Å². The highest BCUT2D eigenvalue weighted by Crippen LogP contribution is 2.42. The third kappa shape index (κ3) is 3.32. The first-order valence-electron chi connectivity index (χ1n) is 8.31. The van der Waals surface area contributed by atoms with E-state index in [-0.39, 0.29) is 5.60 Å². The fourth-order valence-corrected chi connectivity index (χ4v) is 4.47. The number of hydrogen-bond acceptors (Lipinski definition) is 3. The SMILES string of the molecule is CC1CN(CC2CCC3(CCCCC3)O2)CC(C)N1. The fraction of sp³-hybridized carbons (Fsp3) is 1.00. The molecule has 0 aromatic heterocycles. The van der Waals surface area contributed by atoms with Crippen molar-refractivity contribution in [3.63, 3.8) is 0 Å². The van der Waals surface area contributed by atoms with Crippen LogP contribution >= 0.6 is 0 Å². The Morgan fingerprint density at radius 2 is 1.74 bits per heavy atom. The molecule has 0 radical (unpaired) electrons. The average molecular weight is 266 g/mol. The zero-order valence-corrected chi connectivity index (χ0v) is 12.7. The van der Waals surface area contributed by atoms with E-state index in [1.54, 1.807) is 0 Å². The molecule has 1 spiro atoms. The van der Waals surface area contributed by atoms with Crippen molar-refractivity contribution >= 4 is 0 Å². The predicted molar refractivity (Wildman–Crippen MR) is 78.4 cm³/mol. The topological polar surface area (TPSA) is 24.5 Å². The first kappa shape index (κ1) is 13.8. The maximum absolute atomic E-state index is 6.50. The Labute approximate surface area is 118 Å². The van der Waals surface area contributed by atoms with Crippen LogP contribution in [0.15, 0.2) is 0 Å². The Balaban J connectivity index is 1.51. The second-order valence-corrected chi connectivity index (χ2v) is 7.21. The van der Waals surface area contributed by atoms with E-state index < -0.39 is 0 Å². The van der Waals surface area contributed by atoms with Crippen molar-refractivity contribution in [2.45, 2.75) is 82.6 Å². The molecule has 1 aliphatic carbocycles. The van der Waals surface area contributed by atoms with E-state index in [1.807, 2.05) is 0 Å². The van der Waals surface area contributed by atoms with Crippen LogP contribution in [0.2, 0.25) is 0 Å². The number of piperazine rings is 1. The third-order valence-corrected chi connectivity index (χ3v) is 5.20. The summed E-state index contributed by atoms with van der Waals surface area (Å²) >= 11 is 0. The lowest BCUT2D eigenvalue weighted by atomic mass is 9.83. The highest BCUT2D eigenvalue weighted by Gasteiger charge is 2.41. The van der Waals surface area contributed by atoms with Gasteiger partial charge in [-0.3, -0.25) is 4.90 Å². The van der Waals surface area contributed by atoms with Crippen LogP contribution in [0.25, 0.3) is 0 Å². The van der Waals surface area contributed by atoms with Crippen molar-refractivity contribution in [3.8, 4) is 0 Å². The van der Waals surface area contributed by atoms with E-state index >= 15 is 0 Å². The summed E-state index contributed by atoms with van der Waals surface area (Å²) in [7, 11) is 0. The standard InChI is InChI=1S/C16H30N2O/c1-13-10-18(11-14(2)17-13)12-15-6-9-16(19-15)7-4-3-5-8-16/h13-15,17H,3-12H2,1-2H3. The Morgan fingerprint density at radius 1 is 1.05 bits per heavy atom. The minimum atomic E-state index is 0.286. The molecule has 3 rings (SSSR count). The maximum Gasteiger partial charge on any atom is 0.0710 e. The van der Waals surface area contributed by atoms with Crippen LogP contribution in [0.3, 0.4) is 0 Å². The summed E-state index contributed by atoms with van der Waals surface area (Å²) in [5.41, 5.74) is 0.286. The highest BCUT2D eigenvalue weighted by atomic mass is 16.5. The molecule has 3 nitrogen and oxygen atoms in total. The Kier molecular flexibility index (Phi) is 4.16. The number of nitrogens with zero attached hydrogens (tertiary/aromatic N) is 1. The number of nitrogens with one attached hydrogen (secondary N) is 1. The molecule has 0 aromatic rings. The van der Waals surface area contributed by atoms with Gasteiger partial charge >= 0.3 is 0 Å². The average Bonchev–Trinajstić information content (AvgIpc) is 2.71. The lowest BCUT2D eigenvalue weighted by Gasteiger charge is -2.38. The van der Waals surface area contributed by atoms with Crippen molar-refractivity contribution < 1.29 is 4.74 Å². The maximum atomic E-state index is 6.50. The van der Waals surface area contributed by atoms with Gasteiger partial charge in [-0.15, -0.1) is 0 Å². The molecule has 3 fully saturated rings. The van der Waals surface area contributed by atoms with Gasteiger partial charge in [0.1, 0.15) is 0 Å². The third-order valence-electron chi connectivity index (χ3n) is 5.20. The summed E-state index contributed by atoms with van der Waals surface area (Å²) in [5.74, 6) is 0. The smallest absolute Gasteiger partial charge is 0.0710 e. The van der Waals surface area contributed by atoms with Gasteiger partial charge in [0, 0.05) is 31.7 Å². The molecule has 2 heterocycles. The van der Waals surface area contributed by atoms with Crippen molar-refractivity contribution in [2.75, 3.05) is 19.6 Å². The van der Waals surface area contributed by atoms with Crippen molar-refractivity contribution in [1.82, 2.24) is 10.2 Å². The van der Waals surface area contributed by atoms with Gasteiger partial charge < -0.3 is 10.1 Å². The summed E-state index contributed by atoms with van der Waals surface area (Å²) in [6.45, 7) is 8.09. The molecule has 0 bridgehead atoms. The molecule has 19 heavy (non-hydrogen) atoms. The van der Waals surface area contributed by atoms with Crippen molar-refractivity contribution in [2.24, 2.45) is 0 Å². The summed E-state index contributed by atoms with van der Waals surface area (Å²) in [6.07, 6.45) is 9.92. The van der Waals surface area contributed by atoms with Gasteiger partial charge in [-0.05, 0) is 39.5 Å². The molecule has 2 aliphatic heterocycles. The van der Waals surface area contributed by atoms with Crippen LogP contribution < -0.4 is 5.32 Å². The van der Waals surface area contributed by atoms with Gasteiger partial charge in [0.15, 0.2) is 0 Å². The number of rotatable bonds is 2. The van der Waals surface area contributed by atoms with Gasteiger partial charge in [0.25, 0.3) is 0 Å². The monoisotopic (exact) mass is 266 g/mol. The van der Waals surface area contributed by atoms with Gasteiger partial charge in [0.2, 0.25) is 0 Å². The molecule has 3 aliphatic rings. The predicted octanol–water partition coefficient (Wildman–Crippen LogP) is 2.55. The van der Waals surface area contributed by atoms with E-state index in [0.29, 0.717) is 18.2 Å². The number of ether oxygens (including phenoxy) is 1. The van der Waals surface area contributed by atoms with Crippen LogP contribution in [0.1, 0.15) is 58.8 Å². The van der Waals surface area contributed by atoms with Crippen molar-refractivity contribution in [3.05, 3.63) is 0 Å². The normalized spacial score (nSPS) is 39.8. The molecule has 0 amide bonds. The van der Waals surface area contributed by atoms with Crippen LogP contribution in [0, 0.1) is 0 Å². The van der Waals surface area contributed by atoms with Gasteiger partial charge in [-0.25, -0.2) is 0 Å². The summed E-state index contributed by atoms with van der Waals surface area (Å²) in [6, 6.07) is 1.24. The molecular formula is C16H30N2O. The second kappa shape index (κ2) is 5.71. The van der Waals surface area contributed by atoms with Crippen molar-refractivity contribution in [1.29, 1.82) is 0 Å². The quantitative estimate of drug-likeness (QED) is 0.831. The molecule has 2 saturated heterocycles. The molecule has 3 atom stereocenters. The second-order valence-electron chi connectivity index (χ2n) is 7.21. The highest BCUT2D eigenvalue weighted by molar-refractivity contribution is 4.93. The van der Waals surface area contributed by atoms with E-state index in [4.69, 9.17) is 4.74 Å². The summed E-state index contributed by atoms with van der Waals surface area (Å²) < 4.78 is 6.50. The van der Waals surface area contributed by atoms with Crippen LogP contribution in [-0.2, 0) is 4.74 Å². The zero-order chi connectivity index (χ0) is 13.3. The summed E-state index contributed by atoms with van der Waals surface area (Å²) in [5, 5.41) is 3.61. The summed E-state index contributed by atoms with van der Waals surface area (Å²) in [4.78, 5) is 2.61. The fourth-order valence-electron chi connectivity index (χ4n) is 4.47. The minimum Gasteiger partial charge on any atom is -0.370 e. The van der Waals surface area contributed by atoms with E-state index in [2.05, 4.69) is 24.1 Å². The Bertz CT molecular complexity index is 291. The van der Waals surface area contributed by atoms with Gasteiger partial charge in [0.05, 0.1) is 11.7 Å². The Morgan fingerprint density at radius 3 is 2.42 bits per heavy atom. The molecule has 0 aromatic carbocycles. The van der Waals surface area contributed by atoms with Gasteiger partial charge in [-0.1, -0.05) is 19.3 Å². The largest absolute Gasteiger partial charge is 0.370 e. The van der Waals surface area contributed by atoms with Crippen LogP contribution in [-0.4, -0.2) is 48.3 Å². The van der Waals surface area contributed by atoms with Crippen LogP contribution in [0.4, 0.5) is 0 Å². The molecule has 110 valence electrons. The molecule has 1 saturated carbocycles. The zero-order valence-electron chi connectivity index (χ0n) is 12.7. The van der Waals surface area contributed by atoms with E-state index in [0.717, 1.165) is 6.54 Å². The molecular weight excluding hydrogens is 236 g/mol. The van der Waals surface area contributed by atoms with E-state index in [1.165, 1.54) is 58.0 Å². The first-order valence-corrected chi connectivity index (χ1v) is 8.31. The minimum absolute atomic E-state index is 0.286. The lowest BCUT2D eigenvalue weighted by Crippen LogP contribution is -2.55.